The molecule has 0 aliphatic rings. The topological polar surface area (TPSA) is 12.0 Å². The minimum atomic E-state index is -0.228. The summed E-state index contributed by atoms with van der Waals surface area (Å²) >= 11 is 6.93. The Morgan fingerprint density at radius 1 is 1.11 bits per heavy atom. The zero-order valence-electron chi connectivity index (χ0n) is 10.5. The lowest BCUT2D eigenvalue weighted by Gasteiger charge is -2.16. The third-order valence-corrected chi connectivity index (χ3v) is 4.45. The van der Waals surface area contributed by atoms with Crippen LogP contribution in [0.2, 0.25) is 0 Å². The summed E-state index contributed by atoms with van der Waals surface area (Å²) in [7, 11) is 0. The van der Waals surface area contributed by atoms with Crippen LogP contribution in [0.3, 0.4) is 0 Å². The summed E-state index contributed by atoms with van der Waals surface area (Å²) in [6, 6.07) is 13.0. The van der Waals surface area contributed by atoms with Gasteiger partial charge in [-0.3, -0.25) is 0 Å². The summed E-state index contributed by atoms with van der Waals surface area (Å²) in [5.74, 6) is -0.228. The summed E-state index contributed by atoms with van der Waals surface area (Å²) in [6.45, 7) is 2.82. The maximum absolute atomic E-state index is 13.1. The first-order valence-electron chi connectivity index (χ1n) is 5.99. The van der Waals surface area contributed by atoms with Gasteiger partial charge in [0.05, 0.1) is 0 Å². The Hall–Kier alpha value is -0.710. The molecule has 0 amide bonds. The molecule has 0 saturated carbocycles. The molecule has 2 aromatic rings. The van der Waals surface area contributed by atoms with Crippen molar-refractivity contribution >= 4 is 31.9 Å². The summed E-state index contributed by atoms with van der Waals surface area (Å²) in [6.07, 6.45) is 0. The zero-order valence-corrected chi connectivity index (χ0v) is 13.6. The zero-order chi connectivity index (χ0) is 13.8. The van der Waals surface area contributed by atoms with Gasteiger partial charge in [-0.2, -0.15) is 0 Å². The van der Waals surface area contributed by atoms with Gasteiger partial charge in [0.1, 0.15) is 5.82 Å². The number of benzene rings is 2. The molecule has 19 heavy (non-hydrogen) atoms. The van der Waals surface area contributed by atoms with E-state index in [1.165, 1.54) is 17.7 Å². The Morgan fingerprint density at radius 2 is 1.84 bits per heavy atom. The highest BCUT2D eigenvalue weighted by Gasteiger charge is 2.10. The highest BCUT2D eigenvalue weighted by atomic mass is 79.9. The van der Waals surface area contributed by atoms with Crippen LogP contribution >= 0.6 is 31.9 Å². The van der Waals surface area contributed by atoms with Gasteiger partial charge in [0.2, 0.25) is 0 Å². The second kappa shape index (κ2) is 6.64. The van der Waals surface area contributed by atoms with Crippen LogP contribution in [0, 0.1) is 5.82 Å². The fraction of sp³-hybridized carbons (Fsp3) is 0.200. The number of halogens is 3. The van der Waals surface area contributed by atoms with Gasteiger partial charge in [0.25, 0.3) is 0 Å². The van der Waals surface area contributed by atoms with E-state index in [2.05, 4.69) is 50.2 Å². The number of hydrogen-bond donors (Lipinski definition) is 1. The molecule has 1 nitrogen and oxygen atoms in total. The van der Waals surface area contributed by atoms with Crippen LogP contribution in [0.15, 0.2) is 51.4 Å². The number of nitrogens with one attached hydrogen (secondary N) is 1. The van der Waals surface area contributed by atoms with E-state index in [9.17, 15) is 4.39 Å². The van der Waals surface area contributed by atoms with Crippen LogP contribution in [0.5, 0.6) is 0 Å². The van der Waals surface area contributed by atoms with Crippen LogP contribution in [-0.4, -0.2) is 0 Å². The normalized spacial score (nSPS) is 12.4. The highest BCUT2D eigenvalue weighted by Crippen LogP contribution is 2.25. The molecule has 0 aliphatic carbocycles. The van der Waals surface area contributed by atoms with Gasteiger partial charge in [-0.05, 0) is 36.2 Å². The number of hydrogen-bond acceptors (Lipinski definition) is 1. The van der Waals surface area contributed by atoms with Gasteiger partial charge in [0.15, 0.2) is 0 Å². The maximum atomic E-state index is 13.1. The lowest BCUT2D eigenvalue weighted by Crippen LogP contribution is -2.18. The van der Waals surface area contributed by atoms with Crippen molar-refractivity contribution in [2.24, 2.45) is 0 Å². The van der Waals surface area contributed by atoms with Crippen molar-refractivity contribution in [3.8, 4) is 0 Å². The van der Waals surface area contributed by atoms with Crippen LogP contribution in [0.4, 0.5) is 4.39 Å². The average molecular weight is 387 g/mol. The van der Waals surface area contributed by atoms with Crippen LogP contribution in [0.1, 0.15) is 24.1 Å². The SMILES string of the molecule is CC(NCc1ccccc1Br)c1ccc(F)cc1Br. The maximum Gasteiger partial charge on any atom is 0.124 e. The van der Waals surface area contributed by atoms with Gasteiger partial charge in [-0.1, -0.05) is 56.1 Å². The molecular formula is C15H14Br2FN. The molecule has 2 aromatic carbocycles. The minimum absolute atomic E-state index is 0.141. The molecule has 0 saturated heterocycles. The van der Waals surface area contributed by atoms with Gasteiger partial charge in [-0.15, -0.1) is 0 Å². The predicted octanol–water partition coefficient (Wildman–Crippen LogP) is 5.20. The van der Waals surface area contributed by atoms with Crippen molar-refractivity contribution in [1.82, 2.24) is 5.32 Å². The first kappa shape index (κ1) is 14.7. The van der Waals surface area contributed by atoms with Crippen molar-refractivity contribution in [2.75, 3.05) is 0 Å². The molecule has 0 spiro atoms. The lowest BCUT2D eigenvalue weighted by molar-refractivity contribution is 0.568. The van der Waals surface area contributed by atoms with E-state index in [0.29, 0.717) is 0 Å². The third kappa shape index (κ3) is 3.88. The molecule has 100 valence electrons. The molecular weight excluding hydrogens is 373 g/mol. The summed E-state index contributed by atoms with van der Waals surface area (Å²) in [5.41, 5.74) is 2.25. The van der Waals surface area contributed by atoms with Crippen LogP contribution in [0.25, 0.3) is 0 Å². The summed E-state index contributed by atoms with van der Waals surface area (Å²) < 4.78 is 14.9. The Balaban J connectivity index is 2.05. The van der Waals surface area contributed by atoms with Crippen molar-refractivity contribution in [3.63, 3.8) is 0 Å². The second-order valence-corrected chi connectivity index (χ2v) is 6.07. The van der Waals surface area contributed by atoms with Crippen LogP contribution < -0.4 is 5.32 Å². The molecule has 0 heterocycles. The molecule has 1 unspecified atom stereocenters. The van der Waals surface area contributed by atoms with Crippen molar-refractivity contribution in [1.29, 1.82) is 0 Å². The smallest absolute Gasteiger partial charge is 0.124 e. The third-order valence-electron chi connectivity index (χ3n) is 2.99. The predicted molar refractivity (Wildman–Crippen MR) is 83.5 cm³/mol. The van der Waals surface area contributed by atoms with E-state index in [0.717, 1.165) is 21.1 Å². The molecule has 1 N–H and O–H groups in total. The molecule has 0 radical (unpaired) electrons. The summed E-state index contributed by atoms with van der Waals surface area (Å²) in [4.78, 5) is 0. The Bertz CT molecular complexity index is 572. The lowest BCUT2D eigenvalue weighted by atomic mass is 10.1. The van der Waals surface area contributed by atoms with E-state index in [4.69, 9.17) is 0 Å². The van der Waals surface area contributed by atoms with Gasteiger partial charge < -0.3 is 5.32 Å². The van der Waals surface area contributed by atoms with Crippen molar-refractivity contribution < 1.29 is 4.39 Å². The fourth-order valence-corrected chi connectivity index (χ4v) is 2.99. The monoisotopic (exact) mass is 385 g/mol. The molecule has 4 heteroatoms. The van der Waals surface area contributed by atoms with E-state index in [1.54, 1.807) is 6.07 Å². The Morgan fingerprint density at radius 3 is 2.53 bits per heavy atom. The molecule has 0 fully saturated rings. The first-order chi connectivity index (χ1) is 9.08. The van der Waals surface area contributed by atoms with E-state index < -0.39 is 0 Å². The molecule has 0 bridgehead atoms. The van der Waals surface area contributed by atoms with Gasteiger partial charge >= 0.3 is 0 Å². The highest BCUT2D eigenvalue weighted by molar-refractivity contribution is 9.10. The Kier molecular flexibility index (Phi) is 5.13. The Labute approximate surface area is 129 Å². The minimum Gasteiger partial charge on any atom is -0.306 e. The quantitative estimate of drug-likeness (QED) is 0.761. The standard InChI is InChI=1S/C15H14Br2FN/c1-10(13-7-6-12(18)8-15(13)17)19-9-11-4-2-3-5-14(11)16/h2-8,10,19H,9H2,1H3. The largest absolute Gasteiger partial charge is 0.306 e. The van der Waals surface area contributed by atoms with Crippen molar-refractivity contribution in [2.45, 2.75) is 19.5 Å². The molecule has 2 rings (SSSR count). The molecule has 1 atom stereocenters. The molecule has 0 aromatic heterocycles. The molecule has 0 aliphatic heterocycles. The van der Waals surface area contributed by atoms with E-state index in [-0.39, 0.29) is 11.9 Å². The van der Waals surface area contributed by atoms with Crippen molar-refractivity contribution in [3.05, 3.63) is 68.4 Å². The van der Waals surface area contributed by atoms with Crippen LogP contribution in [-0.2, 0) is 6.54 Å². The average Bonchev–Trinajstić information content (AvgIpc) is 2.37. The van der Waals surface area contributed by atoms with E-state index >= 15 is 0 Å². The van der Waals surface area contributed by atoms with Gasteiger partial charge in [-0.25, -0.2) is 4.39 Å². The summed E-state index contributed by atoms with van der Waals surface area (Å²) in [5, 5.41) is 3.43. The van der Waals surface area contributed by atoms with E-state index in [1.807, 2.05) is 18.2 Å². The second-order valence-electron chi connectivity index (χ2n) is 4.36. The fourth-order valence-electron chi connectivity index (χ4n) is 1.87. The number of rotatable bonds is 4. The first-order valence-corrected chi connectivity index (χ1v) is 7.58. The van der Waals surface area contributed by atoms with Gasteiger partial charge in [0, 0.05) is 21.5 Å².